The molecule has 8 nitrogen and oxygen atoms in total. The second kappa shape index (κ2) is 9.88. The molecule has 1 aliphatic heterocycles. The summed E-state index contributed by atoms with van der Waals surface area (Å²) < 4.78 is 45.4. The number of hydrazine groups is 1. The van der Waals surface area contributed by atoms with Crippen molar-refractivity contribution in [1.29, 1.82) is 0 Å². The minimum atomic E-state index is -3.96. The van der Waals surface area contributed by atoms with Crippen LogP contribution in [0.15, 0.2) is 53.4 Å². The highest BCUT2D eigenvalue weighted by Gasteiger charge is 2.33. The number of hydrogen-bond acceptors (Lipinski definition) is 5. The van der Waals surface area contributed by atoms with Gasteiger partial charge in [-0.25, -0.2) is 12.8 Å². The van der Waals surface area contributed by atoms with E-state index in [1.54, 1.807) is 31.4 Å². The average molecular weight is 450 g/mol. The van der Waals surface area contributed by atoms with Crippen LogP contribution in [0.25, 0.3) is 0 Å². The summed E-state index contributed by atoms with van der Waals surface area (Å²) in [4.78, 5) is 24.0. The predicted molar refractivity (Wildman–Crippen MR) is 111 cm³/mol. The lowest BCUT2D eigenvalue weighted by molar-refractivity contribution is -0.131. The molecule has 166 valence electrons. The maximum Gasteiger partial charge on any atom is 0.245 e. The zero-order valence-corrected chi connectivity index (χ0v) is 17.8. The maximum absolute atomic E-state index is 13.9. The first-order valence-corrected chi connectivity index (χ1v) is 11.2. The predicted octanol–water partition coefficient (Wildman–Crippen LogP) is 1.63. The fourth-order valence-electron chi connectivity index (χ4n) is 3.36. The number of piperidine rings is 1. The molecule has 0 spiro atoms. The van der Waals surface area contributed by atoms with Crippen LogP contribution in [0.4, 0.5) is 4.39 Å². The first-order chi connectivity index (χ1) is 14.8. The Morgan fingerprint density at radius 3 is 2.32 bits per heavy atom. The van der Waals surface area contributed by atoms with Gasteiger partial charge in [-0.05, 0) is 42.7 Å². The third kappa shape index (κ3) is 5.59. The third-order valence-corrected chi connectivity index (χ3v) is 7.06. The highest BCUT2D eigenvalue weighted by molar-refractivity contribution is 7.89. The lowest BCUT2D eigenvalue weighted by Crippen LogP contribution is -2.48. The normalized spacial score (nSPS) is 15.3. The molecule has 0 unspecified atom stereocenters. The summed E-state index contributed by atoms with van der Waals surface area (Å²) in [6.45, 7) is 0.184. The monoisotopic (exact) mass is 449 g/mol. The van der Waals surface area contributed by atoms with Gasteiger partial charge in [-0.1, -0.05) is 24.3 Å². The number of sulfonamides is 1. The number of carbonyl (C=O) groups is 2. The van der Waals surface area contributed by atoms with E-state index in [9.17, 15) is 22.4 Å². The van der Waals surface area contributed by atoms with Gasteiger partial charge in [0.15, 0.2) is 0 Å². The number of hydrogen-bond donors (Lipinski definition) is 2. The SMILES string of the molecule is COc1ccc(CC(=O)NNC(=O)C2CCN(S(=O)(=O)c3ccccc3F)CC2)cc1. The Hall–Kier alpha value is -2.98. The number of ether oxygens (including phenoxy) is 1. The van der Waals surface area contributed by atoms with Crippen molar-refractivity contribution in [2.75, 3.05) is 20.2 Å². The Morgan fingerprint density at radius 2 is 1.71 bits per heavy atom. The van der Waals surface area contributed by atoms with Crippen molar-refractivity contribution in [2.45, 2.75) is 24.2 Å². The van der Waals surface area contributed by atoms with Gasteiger partial charge < -0.3 is 4.74 Å². The standard InChI is InChI=1S/C21H24FN3O5S/c1-30-17-8-6-15(7-9-17)14-20(26)23-24-21(27)16-10-12-25(13-11-16)31(28,29)19-5-3-2-4-18(19)22/h2-9,16H,10-14H2,1H3,(H,23,26)(H,24,27). The fourth-order valence-corrected chi connectivity index (χ4v) is 4.89. The van der Waals surface area contributed by atoms with E-state index in [1.807, 2.05) is 0 Å². The molecule has 0 saturated carbocycles. The summed E-state index contributed by atoms with van der Waals surface area (Å²) >= 11 is 0. The number of nitrogens with one attached hydrogen (secondary N) is 2. The molecular formula is C21H24FN3O5S. The molecule has 1 heterocycles. The lowest BCUT2D eigenvalue weighted by Gasteiger charge is -2.30. The third-order valence-electron chi connectivity index (χ3n) is 5.13. The van der Waals surface area contributed by atoms with Gasteiger partial charge in [-0.2, -0.15) is 4.31 Å². The average Bonchev–Trinajstić information content (AvgIpc) is 2.78. The quantitative estimate of drug-likeness (QED) is 0.653. The lowest BCUT2D eigenvalue weighted by atomic mass is 9.98. The van der Waals surface area contributed by atoms with Crippen LogP contribution in [-0.4, -0.2) is 44.7 Å². The molecule has 3 rings (SSSR count). The molecule has 0 atom stereocenters. The summed E-state index contributed by atoms with van der Waals surface area (Å²) in [5.74, 6) is -1.33. The van der Waals surface area contributed by atoms with Gasteiger partial charge in [-0.3, -0.25) is 20.4 Å². The van der Waals surface area contributed by atoms with Crippen LogP contribution in [0.2, 0.25) is 0 Å². The Morgan fingerprint density at radius 1 is 1.06 bits per heavy atom. The van der Waals surface area contributed by atoms with Crippen molar-refractivity contribution in [3.63, 3.8) is 0 Å². The van der Waals surface area contributed by atoms with E-state index in [1.165, 1.54) is 22.5 Å². The van der Waals surface area contributed by atoms with Gasteiger partial charge in [0.2, 0.25) is 21.8 Å². The van der Waals surface area contributed by atoms with Crippen molar-refractivity contribution in [1.82, 2.24) is 15.2 Å². The van der Waals surface area contributed by atoms with Crippen LogP contribution in [0.5, 0.6) is 5.75 Å². The molecular weight excluding hydrogens is 425 g/mol. The summed E-state index contributed by atoms with van der Waals surface area (Å²) in [5, 5.41) is 0. The Labute approximate surface area is 180 Å². The molecule has 1 aliphatic rings. The van der Waals surface area contributed by atoms with E-state index in [0.717, 1.165) is 11.6 Å². The van der Waals surface area contributed by atoms with Gasteiger partial charge in [0.05, 0.1) is 13.5 Å². The van der Waals surface area contributed by atoms with Gasteiger partial charge in [-0.15, -0.1) is 0 Å². The van der Waals surface area contributed by atoms with Crippen LogP contribution < -0.4 is 15.6 Å². The summed E-state index contributed by atoms with van der Waals surface area (Å²) in [6, 6.07) is 12.2. The minimum absolute atomic E-state index is 0.0869. The summed E-state index contributed by atoms with van der Waals surface area (Å²) in [5.41, 5.74) is 5.54. The van der Waals surface area contributed by atoms with E-state index >= 15 is 0 Å². The molecule has 1 saturated heterocycles. The zero-order valence-electron chi connectivity index (χ0n) is 17.0. The first-order valence-electron chi connectivity index (χ1n) is 9.77. The second-order valence-electron chi connectivity index (χ2n) is 7.17. The molecule has 2 aromatic carbocycles. The molecule has 0 bridgehead atoms. The smallest absolute Gasteiger partial charge is 0.245 e. The van der Waals surface area contributed by atoms with Crippen molar-refractivity contribution < 1.29 is 27.1 Å². The first kappa shape index (κ1) is 22.7. The molecule has 31 heavy (non-hydrogen) atoms. The number of rotatable bonds is 6. The van der Waals surface area contributed by atoms with Gasteiger partial charge in [0.25, 0.3) is 0 Å². The molecule has 2 N–H and O–H groups in total. The number of amides is 2. The van der Waals surface area contributed by atoms with Crippen LogP contribution in [0.3, 0.4) is 0 Å². The Bertz CT molecular complexity index is 1040. The summed E-state index contributed by atoms with van der Waals surface area (Å²) in [7, 11) is -2.41. The van der Waals surface area contributed by atoms with E-state index < -0.39 is 21.8 Å². The number of halogens is 1. The van der Waals surface area contributed by atoms with Crippen molar-refractivity contribution in [2.24, 2.45) is 5.92 Å². The number of benzene rings is 2. The van der Waals surface area contributed by atoms with Gasteiger partial charge in [0, 0.05) is 19.0 Å². The van der Waals surface area contributed by atoms with E-state index in [4.69, 9.17) is 4.74 Å². The minimum Gasteiger partial charge on any atom is -0.497 e. The molecule has 2 aromatic rings. The number of nitrogens with zero attached hydrogens (tertiary/aromatic N) is 1. The van der Waals surface area contributed by atoms with E-state index in [2.05, 4.69) is 10.9 Å². The van der Waals surface area contributed by atoms with Crippen molar-refractivity contribution >= 4 is 21.8 Å². The molecule has 2 amide bonds. The fraction of sp³-hybridized carbons (Fsp3) is 0.333. The van der Waals surface area contributed by atoms with Crippen molar-refractivity contribution in [3.05, 3.63) is 59.9 Å². The highest BCUT2D eigenvalue weighted by Crippen LogP contribution is 2.25. The largest absolute Gasteiger partial charge is 0.497 e. The highest BCUT2D eigenvalue weighted by atomic mass is 32.2. The Kier molecular flexibility index (Phi) is 7.24. The van der Waals surface area contributed by atoms with Crippen LogP contribution >= 0.6 is 0 Å². The number of methoxy groups -OCH3 is 1. The molecule has 0 aromatic heterocycles. The van der Waals surface area contributed by atoms with E-state index in [0.29, 0.717) is 5.75 Å². The molecule has 1 fully saturated rings. The van der Waals surface area contributed by atoms with E-state index in [-0.39, 0.29) is 49.1 Å². The zero-order chi connectivity index (χ0) is 22.4. The Balaban J connectivity index is 1.47. The van der Waals surface area contributed by atoms with Crippen LogP contribution in [-0.2, 0) is 26.0 Å². The van der Waals surface area contributed by atoms with Gasteiger partial charge >= 0.3 is 0 Å². The van der Waals surface area contributed by atoms with Crippen molar-refractivity contribution in [3.8, 4) is 5.75 Å². The molecule has 0 radical (unpaired) electrons. The van der Waals surface area contributed by atoms with Crippen LogP contribution in [0, 0.1) is 11.7 Å². The topological polar surface area (TPSA) is 105 Å². The van der Waals surface area contributed by atoms with Crippen LogP contribution in [0.1, 0.15) is 18.4 Å². The second-order valence-corrected chi connectivity index (χ2v) is 9.08. The molecule has 10 heteroatoms. The number of carbonyl (C=O) groups excluding carboxylic acids is 2. The molecule has 0 aliphatic carbocycles. The van der Waals surface area contributed by atoms with Gasteiger partial charge in [0.1, 0.15) is 16.5 Å². The summed E-state index contributed by atoms with van der Waals surface area (Å²) in [6.07, 6.45) is 0.630. The maximum atomic E-state index is 13.9.